The van der Waals surface area contributed by atoms with E-state index in [1.807, 2.05) is 25.1 Å². The van der Waals surface area contributed by atoms with Crippen LogP contribution in [0.15, 0.2) is 23.2 Å². The van der Waals surface area contributed by atoms with E-state index < -0.39 is 0 Å². The van der Waals surface area contributed by atoms with E-state index in [0.29, 0.717) is 0 Å². The topological polar surface area (TPSA) is 54.9 Å². The van der Waals surface area contributed by atoms with Crippen molar-refractivity contribution in [1.82, 2.24) is 10.6 Å². The van der Waals surface area contributed by atoms with Crippen molar-refractivity contribution in [2.45, 2.75) is 26.2 Å². The minimum absolute atomic E-state index is 0. The zero-order valence-electron chi connectivity index (χ0n) is 14.7. The molecule has 0 amide bonds. The van der Waals surface area contributed by atoms with Crippen LogP contribution in [0, 0.1) is 0 Å². The van der Waals surface area contributed by atoms with Gasteiger partial charge in [-0.05, 0) is 43.9 Å². The zero-order chi connectivity index (χ0) is 16.9. The second kappa shape index (κ2) is 14.6. The first kappa shape index (κ1) is 23.3. The van der Waals surface area contributed by atoms with Gasteiger partial charge in [0.1, 0.15) is 5.75 Å². The zero-order valence-corrected chi connectivity index (χ0v) is 17.8. The van der Waals surface area contributed by atoms with E-state index in [-0.39, 0.29) is 24.0 Å². The van der Waals surface area contributed by atoms with E-state index >= 15 is 0 Å². The van der Waals surface area contributed by atoms with Crippen LogP contribution in [-0.4, -0.2) is 46.4 Å². The average molecular weight is 470 g/mol. The van der Waals surface area contributed by atoms with Crippen molar-refractivity contribution in [3.8, 4) is 5.75 Å². The molecule has 24 heavy (non-hydrogen) atoms. The monoisotopic (exact) mass is 469 g/mol. The fourth-order valence-electron chi connectivity index (χ4n) is 2.07. The Bertz CT molecular complexity index is 487. The second-order valence-corrected chi connectivity index (χ2v) is 5.44. The first-order valence-corrected chi connectivity index (χ1v) is 8.43. The minimum atomic E-state index is 0. The highest BCUT2D eigenvalue weighted by Crippen LogP contribution is 2.22. The van der Waals surface area contributed by atoms with Gasteiger partial charge in [0.2, 0.25) is 0 Å². The maximum Gasteiger partial charge on any atom is 0.190 e. The van der Waals surface area contributed by atoms with E-state index in [1.165, 1.54) is 0 Å². The van der Waals surface area contributed by atoms with Crippen LogP contribution < -0.4 is 15.4 Å². The molecule has 138 valence electrons. The lowest BCUT2D eigenvalue weighted by Crippen LogP contribution is -2.38. The summed E-state index contributed by atoms with van der Waals surface area (Å²) in [5, 5.41) is 7.32. The summed E-state index contributed by atoms with van der Waals surface area (Å²) in [6.45, 7) is 5.27. The first-order chi connectivity index (χ1) is 11.2. The SMILES string of the molecule is CCOCCCCNC(=NC)NCCc1ccc(OC)cc1Cl.I. The van der Waals surface area contributed by atoms with Gasteiger partial charge in [0.15, 0.2) is 5.96 Å². The first-order valence-electron chi connectivity index (χ1n) is 8.06. The molecule has 0 aliphatic heterocycles. The molecular weight excluding hydrogens is 441 g/mol. The molecule has 0 bridgehead atoms. The molecule has 7 heteroatoms. The van der Waals surface area contributed by atoms with E-state index in [4.69, 9.17) is 21.1 Å². The number of rotatable bonds is 10. The number of guanidine groups is 1. The summed E-state index contributed by atoms with van der Waals surface area (Å²) in [6, 6.07) is 5.75. The number of hydrogen-bond acceptors (Lipinski definition) is 3. The molecule has 5 nitrogen and oxygen atoms in total. The molecule has 0 saturated heterocycles. The van der Waals surface area contributed by atoms with Crippen LogP contribution in [-0.2, 0) is 11.2 Å². The number of hydrogen-bond donors (Lipinski definition) is 2. The summed E-state index contributed by atoms with van der Waals surface area (Å²) in [6.07, 6.45) is 2.94. The Morgan fingerprint density at radius 3 is 2.58 bits per heavy atom. The number of benzene rings is 1. The molecule has 0 saturated carbocycles. The Hall–Kier alpha value is -0.730. The number of methoxy groups -OCH3 is 1. The van der Waals surface area contributed by atoms with Gasteiger partial charge >= 0.3 is 0 Å². The predicted octanol–water partition coefficient (Wildman–Crippen LogP) is 3.49. The van der Waals surface area contributed by atoms with E-state index in [0.717, 1.165) is 67.9 Å². The Balaban J connectivity index is 0.00000529. The van der Waals surface area contributed by atoms with Gasteiger partial charge in [0.25, 0.3) is 0 Å². The van der Waals surface area contributed by atoms with Crippen molar-refractivity contribution in [3.05, 3.63) is 28.8 Å². The number of unbranched alkanes of at least 4 members (excludes halogenated alkanes) is 1. The molecule has 0 atom stereocenters. The lowest BCUT2D eigenvalue weighted by Gasteiger charge is -2.12. The molecule has 0 aliphatic carbocycles. The van der Waals surface area contributed by atoms with Crippen LogP contribution in [0.5, 0.6) is 5.75 Å². The van der Waals surface area contributed by atoms with Crippen LogP contribution in [0.4, 0.5) is 0 Å². The Kier molecular flexibility index (Phi) is 14.2. The lowest BCUT2D eigenvalue weighted by molar-refractivity contribution is 0.143. The predicted molar refractivity (Wildman–Crippen MR) is 112 cm³/mol. The summed E-state index contributed by atoms with van der Waals surface area (Å²) in [4.78, 5) is 4.21. The van der Waals surface area contributed by atoms with E-state index in [9.17, 15) is 0 Å². The molecule has 0 heterocycles. The van der Waals surface area contributed by atoms with Gasteiger partial charge in [0.05, 0.1) is 7.11 Å². The van der Waals surface area contributed by atoms with Gasteiger partial charge < -0.3 is 20.1 Å². The second-order valence-electron chi connectivity index (χ2n) is 5.04. The van der Waals surface area contributed by atoms with Crippen LogP contribution in [0.3, 0.4) is 0 Å². The Labute approximate surface area is 167 Å². The highest BCUT2D eigenvalue weighted by atomic mass is 127. The van der Waals surface area contributed by atoms with Crippen molar-refractivity contribution in [2.24, 2.45) is 4.99 Å². The molecule has 1 aromatic carbocycles. The molecule has 2 N–H and O–H groups in total. The van der Waals surface area contributed by atoms with Crippen LogP contribution in [0.25, 0.3) is 0 Å². The van der Waals surface area contributed by atoms with Gasteiger partial charge in [-0.25, -0.2) is 0 Å². The summed E-state index contributed by atoms with van der Waals surface area (Å²) >= 11 is 6.24. The number of ether oxygens (including phenoxy) is 2. The minimum Gasteiger partial charge on any atom is -0.497 e. The molecule has 1 rings (SSSR count). The van der Waals surface area contributed by atoms with Crippen molar-refractivity contribution in [2.75, 3.05) is 40.5 Å². The van der Waals surface area contributed by atoms with Gasteiger partial charge in [-0.2, -0.15) is 0 Å². The largest absolute Gasteiger partial charge is 0.497 e. The number of aliphatic imine (C=N–C) groups is 1. The third-order valence-corrected chi connectivity index (χ3v) is 3.73. The van der Waals surface area contributed by atoms with Gasteiger partial charge in [-0.3, -0.25) is 4.99 Å². The van der Waals surface area contributed by atoms with E-state index in [2.05, 4.69) is 15.6 Å². The molecule has 0 aliphatic rings. The quantitative estimate of drug-likeness (QED) is 0.238. The van der Waals surface area contributed by atoms with Crippen molar-refractivity contribution in [3.63, 3.8) is 0 Å². The Morgan fingerprint density at radius 1 is 1.21 bits per heavy atom. The van der Waals surface area contributed by atoms with Gasteiger partial charge in [0, 0.05) is 38.4 Å². The average Bonchev–Trinajstić information content (AvgIpc) is 2.57. The standard InChI is InChI=1S/C17H28ClN3O2.HI/c1-4-23-12-6-5-10-20-17(19-2)21-11-9-14-7-8-15(22-3)13-16(14)18;/h7-8,13H,4-6,9-12H2,1-3H3,(H2,19,20,21);1H. The van der Waals surface area contributed by atoms with Crippen molar-refractivity contribution >= 4 is 41.5 Å². The van der Waals surface area contributed by atoms with E-state index in [1.54, 1.807) is 14.2 Å². The number of nitrogens with one attached hydrogen (secondary N) is 2. The lowest BCUT2D eigenvalue weighted by atomic mass is 10.1. The van der Waals surface area contributed by atoms with Crippen molar-refractivity contribution < 1.29 is 9.47 Å². The van der Waals surface area contributed by atoms with Crippen LogP contribution >= 0.6 is 35.6 Å². The van der Waals surface area contributed by atoms with Crippen LogP contribution in [0.1, 0.15) is 25.3 Å². The molecule has 0 fully saturated rings. The maximum atomic E-state index is 6.24. The molecule has 0 radical (unpaired) electrons. The highest BCUT2D eigenvalue weighted by Gasteiger charge is 2.03. The van der Waals surface area contributed by atoms with Gasteiger partial charge in [-0.15, -0.1) is 24.0 Å². The molecule has 0 unspecified atom stereocenters. The molecule has 0 aromatic heterocycles. The fourth-order valence-corrected chi connectivity index (χ4v) is 2.34. The summed E-state index contributed by atoms with van der Waals surface area (Å²) in [5.74, 6) is 1.59. The third kappa shape index (κ3) is 9.54. The Morgan fingerprint density at radius 2 is 1.96 bits per heavy atom. The number of halogens is 2. The van der Waals surface area contributed by atoms with Crippen molar-refractivity contribution in [1.29, 1.82) is 0 Å². The fraction of sp³-hybridized carbons (Fsp3) is 0.588. The third-order valence-electron chi connectivity index (χ3n) is 3.38. The summed E-state index contributed by atoms with van der Waals surface area (Å²) < 4.78 is 10.5. The number of nitrogens with zero attached hydrogens (tertiary/aromatic N) is 1. The molecular formula is C17H29ClIN3O2. The maximum absolute atomic E-state index is 6.24. The molecule has 0 spiro atoms. The van der Waals surface area contributed by atoms with Gasteiger partial charge in [-0.1, -0.05) is 17.7 Å². The molecule has 1 aromatic rings. The van der Waals surface area contributed by atoms with Crippen LogP contribution in [0.2, 0.25) is 5.02 Å². The highest BCUT2D eigenvalue weighted by molar-refractivity contribution is 14.0. The summed E-state index contributed by atoms with van der Waals surface area (Å²) in [5.41, 5.74) is 1.09. The normalized spacial score (nSPS) is 10.9. The summed E-state index contributed by atoms with van der Waals surface area (Å²) in [7, 11) is 3.41. The smallest absolute Gasteiger partial charge is 0.190 e.